The standard InChI is InChI=1S/C7H12N2O2/c1-2-7(10)11-5-6-8-3-4-9-6/h2,6,8-9H,1,3-5H2. The first-order valence-corrected chi connectivity index (χ1v) is 3.59. The van der Waals surface area contributed by atoms with Gasteiger partial charge in [0.25, 0.3) is 0 Å². The Morgan fingerprint density at radius 3 is 2.82 bits per heavy atom. The van der Waals surface area contributed by atoms with Crippen molar-refractivity contribution in [1.29, 1.82) is 0 Å². The highest BCUT2D eigenvalue weighted by Gasteiger charge is 2.13. The van der Waals surface area contributed by atoms with Crippen LogP contribution in [0.4, 0.5) is 0 Å². The minimum Gasteiger partial charge on any atom is -0.459 e. The minimum atomic E-state index is -0.375. The van der Waals surface area contributed by atoms with Gasteiger partial charge < -0.3 is 4.74 Å². The summed E-state index contributed by atoms with van der Waals surface area (Å²) in [5.74, 6) is -0.375. The van der Waals surface area contributed by atoms with Crippen LogP contribution in [0.15, 0.2) is 12.7 Å². The quantitative estimate of drug-likeness (QED) is 0.416. The molecule has 0 aromatic heterocycles. The molecule has 11 heavy (non-hydrogen) atoms. The largest absolute Gasteiger partial charge is 0.459 e. The van der Waals surface area contributed by atoms with Crippen LogP contribution < -0.4 is 10.6 Å². The van der Waals surface area contributed by atoms with Crippen LogP contribution in [0.1, 0.15) is 0 Å². The Kier molecular flexibility index (Phi) is 3.07. The summed E-state index contributed by atoms with van der Waals surface area (Å²) in [4.78, 5) is 10.6. The van der Waals surface area contributed by atoms with Crippen molar-refractivity contribution in [3.05, 3.63) is 12.7 Å². The SMILES string of the molecule is C=CC(=O)OCC1NCCN1. The fraction of sp³-hybridized carbons (Fsp3) is 0.571. The number of nitrogens with one attached hydrogen (secondary N) is 2. The average molecular weight is 156 g/mol. The van der Waals surface area contributed by atoms with Crippen LogP contribution in [0.25, 0.3) is 0 Å². The van der Waals surface area contributed by atoms with Crippen molar-refractivity contribution < 1.29 is 9.53 Å². The summed E-state index contributed by atoms with van der Waals surface area (Å²) < 4.78 is 4.79. The molecular formula is C7H12N2O2. The summed E-state index contributed by atoms with van der Waals surface area (Å²) >= 11 is 0. The Hall–Kier alpha value is -0.870. The van der Waals surface area contributed by atoms with Crippen LogP contribution in [-0.4, -0.2) is 31.8 Å². The number of carbonyl (C=O) groups excluding carboxylic acids is 1. The Morgan fingerprint density at radius 2 is 2.27 bits per heavy atom. The van der Waals surface area contributed by atoms with E-state index >= 15 is 0 Å². The van der Waals surface area contributed by atoms with Gasteiger partial charge in [0.2, 0.25) is 0 Å². The van der Waals surface area contributed by atoms with Gasteiger partial charge in [-0.3, -0.25) is 10.6 Å². The van der Waals surface area contributed by atoms with Gasteiger partial charge in [0.05, 0.1) is 6.17 Å². The van der Waals surface area contributed by atoms with Crippen molar-refractivity contribution in [3.8, 4) is 0 Å². The number of hydrogen-bond acceptors (Lipinski definition) is 4. The molecule has 0 radical (unpaired) electrons. The molecule has 0 aromatic carbocycles. The molecule has 0 spiro atoms. The van der Waals surface area contributed by atoms with Gasteiger partial charge in [-0.1, -0.05) is 6.58 Å². The molecule has 4 nitrogen and oxygen atoms in total. The van der Waals surface area contributed by atoms with E-state index in [2.05, 4.69) is 17.2 Å². The zero-order valence-electron chi connectivity index (χ0n) is 6.30. The topological polar surface area (TPSA) is 50.4 Å². The lowest BCUT2D eigenvalue weighted by molar-refractivity contribution is -0.138. The van der Waals surface area contributed by atoms with Gasteiger partial charge >= 0.3 is 5.97 Å². The Bertz CT molecular complexity index is 153. The van der Waals surface area contributed by atoms with E-state index in [1.165, 1.54) is 0 Å². The zero-order chi connectivity index (χ0) is 8.10. The van der Waals surface area contributed by atoms with E-state index in [1.807, 2.05) is 0 Å². The molecule has 1 aliphatic rings. The molecule has 1 aliphatic heterocycles. The Balaban J connectivity index is 2.10. The molecule has 1 fully saturated rings. The fourth-order valence-corrected chi connectivity index (χ4v) is 0.907. The third kappa shape index (κ3) is 2.69. The molecule has 0 bridgehead atoms. The van der Waals surface area contributed by atoms with Crippen molar-refractivity contribution in [1.82, 2.24) is 10.6 Å². The minimum absolute atomic E-state index is 0.110. The Labute approximate surface area is 65.6 Å². The van der Waals surface area contributed by atoms with Gasteiger partial charge in [-0.2, -0.15) is 0 Å². The van der Waals surface area contributed by atoms with Crippen LogP contribution in [0.5, 0.6) is 0 Å². The summed E-state index contributed by atoms with van der Waals surface area (Å²) in [7, 11) is 0. The van der Waals surface area contributed by atoms with E-state index in [1.54, 1.807) is 0 Å². The summed E-state index contributed by atoms with van der Waals surface area (Å²) in [6, 6.07) is 0. The summed E-state index contributed by atoms with van der Waals surface area (Å²) in [5.41, 5.74) is 0. The molecule has 0 aromatic rings. The molecule has 0 saturated carbocycles. The third-order valence-electron chi connectivity index (χ3n) is 1.47. The van der Waals surface area contributed by atoms with Gasteiger partial charge in [0.15, 0.2) is 0 Å². The predicted octanol–water partition coefficient (Wildman–Crippen LogP) is -0.766. The van der Waals surface area contributed by atoms with E-state index in [4.69, 9.17) is 4.74 Å². The summed E-state index contributed by atoms with van der Waals surface area (Å²) in [6.07, 6.45) is 1.27. The first-order chi connectivity index (χ1) is 5.33. The van der Waals surface area contributed by atoms with E-state index in [9.17, 15) is 4.79 Å². The molecular weight excluding hydrogens is 144 g/mol. The molecule has 0 atom stereocenters. The molecule has 1 rings (SSSR count). The van der Waals surface area contributed by atoms with Gasteiger partial charge in [0, 0.05) is 19.2 Å². The molecule has 2 N–H and O–H groups in total. The van der Waals surface area contributed by atoms with Crippen molar-refractivity contribution in [2.75, 3.05) is 19.7 Å². The van der Waals surface area contributed by atoms with Crippen LogP contribution in [0.2, 0.25) is 0 Å². The normalized spacial score (nSPS) is 18.2. The fourth-order valence-electron chi connectivity index (χ4n) is 0.907. The highest BCUT2D eigenvalue weighted by molar-refractivity contribution is 5.81. The second kappa shape index (κ2) is 4.10. The zero-order valence-corrected chi connectivity index (χ0v) is 6.30. The molecule has 0 unspecified atom stereocenters. The lowest BCUT2D eigenvalue weighted by Crippen LogP contribution is -2.36. The van der Waals surface area contributed by atoms with Crippen LogP contribution in [0.3, 0.4) is 0 Å². The van der Waals surface area contributed by atoms with Crippen LogP contribution >= 0.6 is 0 Å². The van der Waals surface area contributed by atoms with E-state index < -0.39 is 0 Å². The van der Waals surface area contributed by atoms with Crippen molar-refractivity contribution in [3.63, 3.8) is 0 Å². The lowest BCUT2D eigenvalue weighted by Gasteiger charge is -2.09. The smallest absolute Gasteiger partial charge is 0.330 e. The molecule has 1 saturated heterocycles. The number of ether oxygens (including phenoxy) is 1. The molecule has 0 aliphatic carbocycles. The molecule has 1 heterocycles. The second-order valence-corrected chi connectivity index (χ2v) is 2.29. The molecule has 4 heteroatoms. The Morgan fingerprint density at radius 1 is 1.64 bits per heavy atom. The number of esters is 1. The van der Waals surface area contributed by atoms with E-state index in [0.29, 0.717) is 6.61 Å². The highest BCUT2D eigenvalue weighted by atomic mass is 16.5. The first kappa shape index (κ1) is 8.23. The maximum absolute atomic E-state index is 10.6. The highest BCUT2D eigenvalue weighted by Crippen LogP contribution is 1.88. The number of hydrogen-bond donors (Lipinski definition) is 2. The van der Waals surface area contributed by atoms with E-state index in [0.717, 1.165) is 19.2 Å². The van der Waals surface area contributed by atoms with Gasteiger partial charge in [-0.25, -0.2) is 4.79 Å². The molecule has 62 valence electrons. The summed E-state index contributed by atoms with van der Waals surface area (Å²) in [6.45, 7) is 5.51. The first-order valence-electron chi connectivity index (χ1n) is 3.59. The van der Waals surface area contributed by atoms with Gasteiger partial charge in [-0.05, 0) is 0 Å². The maximum Gasteiger partial charge on any atom is 0.330 e. The van der Waals surface area contributed by atoms with Crippen LogP contribution in [-0.2, 0) is 9.53 Å². The van der Waals surface area contributed by atoms with Crippen LogP contribution in [0, 0.1) is 0 Å². The average Bonchev–Trinajstić information content (AvgIpc) is 2.52. The third-order valence-corrected chi connectivity index (χ3v) is 1.47. The predicted molar refractivity (Wildman–Crippen MR) is 40.9 cm³/mol. The maximum atomic E-state index is 10.6. The molecule has 0 amide bonds. The second-order valence-electron chi connectivity index (χ2n) is 2.29. The monoisotopic (exact) mass is 156 g/mol. The van der Waals surface area contributed by atoms with Gasteiger partial charge in [0.1, 0.15) is 6.61 Å². The summed E-state index contributed by atoms with van der Waals surface area (Å²) in [5, 5.41) is 6.23. The van der Waals surface area contributed by atoms with Crippen molar-refractivity contribution >= 4 is 5.97 Å². The van der Waals surface area contributed by atoms with Gasteiger partial charge in [-0.15, -0.1) is 0 Å². The van der Waals surface area contributed by atoms with E-state index in [-0.39, 0.29) is 12.1 Å². The van der Waals surface area contributed by atoms with Crippen molar-refractivity contribution in [2.45, 2.75) is 6.17 Å². The number of rotatable bonds is 3. The lowest BCUT2D eigenvalue weighted by atomic mass is 10.5. The number of carbonyl (C=O) groups is 1. The van der Waals surface area contributed by atoms with Crippen molar-refractivity contribution in [2.24, 2.45) is 0 Å².